The highest BCUT2D eigenvalue weighted by molar-refractivity contribution is 5.92. The Morgan fingerprint density at radius 2 is 2.00 bits per heavy atom. The number of nitrogens with one attached hydrogen (secondary N) is 1. The fourth-order valence-electron chi connectivity index (χ4n) is 4.32. The summed E-state index contributed by atoms with van der Waals surface area (Å²) in [4.78, 5) is 22.6. The number of likely N-dealkylation sites (N-methyl/N-ethyl adjacent to an activating group) is 1. The average molecular weight is 467 g/mol. The van der Waals surface area contributed by atoms with Crippen molar-refractivity contribution in [2.45, 2.75) is 37.3 Å². The van der Waals surface area contributed by atoms with Crippen molar-refractivity contribution < 1.29 is 23.8 Å². The monoisotopic (exact) mass is 466 g/mol. The Bertz CT molecular complexity index is 1100. The van der Waals surface area contributed by atoms with Crippen molar-refractivity contribution in [3.8, 4) is 11.5 Å². The van der Waals surface area contributed by atoms with Gasteiger partial charge in [0.25, 0.3) is 5.91 Å². The van der Waals surface area contributed by atoms with Crippen LogP contribution in [0.2, 0.25) is 0 Å². The Morgan fingerprint density at radius 1 is 1.21 bits per heavy atom. The first kappa shape index (κ1) is 23.6. The molecule has 0 saturated heterocycles. The summed E-state index contributed by atoms with van der Waals surface area (Å²) in [6, 6.07) is 14.1. The van der Waals surface area contributed by atoms with Gasteiger partial charge in [0.1, 0.15) is 41.5 Å². The Hall–Kier alpha value is -3.56. The summed E-state index contributed by atoms with van der Waals surface area (Å²) in [5.41, 5.74) is 1.25. The van der Waals surface area contributed by atoms with E-state index in [9.17, 15) is 14.3 Å². The van der Waals surface area contributed by atoms with E-state index < -0.39 is 30.1 Å². The third kappa shape index (κ3) is 5.49. The summed E-state index contributed by atoms with van der Waals surface area (Å²) in [6.45, 7) is 0.526. The smallest absolute Gasteiger partial charge is 0.270 e. The molecule has 0 aliphatic heterocycles. The maximum atomic E-state index is 13.6. The van der Waals surface area contributed by atoms with Crippen LogP contribution in [0.4, 0.5) is 4.39 Å². The molecule has 1 saturated carbocycles. The Labute approximate surface area is 197 Å². The molecule has 3 aromatic rings. The minimum Gasteiger partial charge on any atom is -0.497 e. The predicted octanol–water partition coefficient (Wildman–Crippen LogP) is 2.44. The second kappa shape index (κ2) is 10.6. The van der Waals surface area contributed by atoms with E-state index in [1.54, 1.807) is 19.2 Å². The number of nitrogens with zero attached hydrogens (tertiary/aromatic N) is 3. The van der Waals surface area contributed by atoms with Crippen LogP contribution in [0.25, 0.3) is 0 Å². The van der Waals surface area contributed by atoms with Crippen molar-refractivity contribution in [3.63, 3.8) is 0 Å². The quantitative estimate of drug-likeness (QED) is 0.526. The molecule has 1 aliphatic carbocycles. The molecule has 9 heteroatoms. The van der Waals surface area contributed by atoms with E-state index in [0.717, 1.165) is 11.3 Å². The summed E-state index contributed by atoms with van der Waals surface area (Å²) in [7, 11) is 3.49. The molecule has 2 aromatic carbocycles. The minimum absolute atomic E-state index is 0.232. The molecule has 2 N–H and O–H groups in total. The molecule has 4 rings (SSSR count). The van der Waals surface area contributed by atoms with Crippen LogP contribution < -0.4 is 14.8 Å². The van der Waals surface area contributed by atoms with E-state index >= 15 is 0 Å². The molecule has 8 nitrogen and oxygen atoms in total. The standard InChI is InChI=1S/C25H27FN4O4/c1-30(14-16-6-8-18(33-2)9-7-16)23-21(29-25(32)20-10-11-27-15-28-20)13-22(24(23)31)34-19-5-3-4-17(26)12-19/h3-12,15,21-24,31H,13-14H2,1-2H3,(H,29,32)/t21-,22-,23+,24+/m1/s1. The number of hydrogen-bond donors (Lipinski definition) is 2. The summed E-state index contributed by atoms with van der Waals surface area (Å²) in [6.07, 6.45) is 1.57. The molecular weight excluding hydrogens is 439 g/mol. The summed E-state index contributed by atoms with van der Waals surface area (Å²) in [5, 5.41) is 14.2. The van der Waals surface area contributed by atoms with Gasteiger partial charge in [-0.25, -0.2) is 14.4 Å². The van der Waals surface area contributed by atoms with Crippen LogP contribution in [0.3, 0.4) is 0 Å². The molecular formula is C25H27FN4O4. The van der Waals surface area contributed by atoms with Crippen LogP contribution in [0.1, 0.15) is 22.5 Å². The van der Waals surface area contributed by atoms with E-state index in [4.69, 9.17) is 9.47 Å². The number of carbonyl (C=O) groups is 1. The van der Waals surface area contributed by atoms with Gasteiger partial charge in [-0.2, -0.15) is 0 Å². The molecule has 0 bridgehead atoms. The number of aliphatic hydroxyl groups excluding tert-OH is 1. The Balaban J connectivity index is 1.54. The molecule has 1 heterocycles. The maximum absolute atomic E-state index is 13.6. The van der Waals surface area contributed by atoms with Gasteiger partial charge in [0, 0.05) is 25.2 Å². The lowest BCUT2D eigenvalue weighted by atomic mass is 10.1. The van der Waals surface area contributed by atoms with E-state index in [1.165, 1.54) is 30.7 Å². The first-order chi connectivity index (χ1) is 16.4. The predicted molar refractivity (Wildman–Crippen MR) is 123 cm³/mol. The van der Waals surface area contributed by atoms with Crippen molar-refractivity contribution in [3.05, 3.63) is 84.2 Å². The molecule has 0 unspecified atom stereocenters. The Morgan fingerprint density at radius 3 is 2.68 bits per heavy atom. The first-order valence-corrected chi connectivity index (χ1v) is 10.9. The van der Waals surface area contributed by atoms with Crippen LogP contribution in [0.5, 0.6) is 11.5 Å². The number of halogens is 1. The summed E-state index contributed by atoms with van der Waals surface area (Å²) in [5.74, 6) is 0.287. The molecule has 0 spiro atoms. The molecule has 0 radical (unpaired) electrons. The molecule has 1 aromatic heterocycles. The maximum Gasteiger partial charge on any atom is 0.270 e. The molecule has 34 heavy (non-hydrogen) atoms. The van der Waals surface area contributed by atoms with Crippen molar-refractivity contribution in [1.29, 1.82) is 0 Å². The number of aromatic nitrogens is 2. The average Bonchev–Trinajstić information content (AvgIpc) is 3.14. The van der Waals surface area contributed by atoms with Crippen LogP contribution in [0.15, 0.2) is 67.1 Å². The third-order valence-corrected chi connectivity index (χ3v) is 5.94. The van der Waals surface area contributed by atoms with E-state index in [-0.39, 0.29) is 11.6 Å². The number of amides is 1. The molecule has 1 fully saturated rings. The van der Waals surface area contributed by atoms with Gasteiger partial charge >= 0.3 is 0 Å². The molecule has 1 aliphatic rings. The van der Waals surface area contributed by atoms with Crippen molar-refractivity contribution >= 4 is 5.91 Å². The van der Waals surface area contributed by atoms with Gasteiger partial charge in [0.2, 0.25) is 0 Å². The van der Waals surface area contributed by atoms with Gasteiger partial charge in [-0.3, -0.25) is 9.69 Å². The zero-order valence-electron chi connectivity index (χ0n) is 19.0. The van der Waals surface area contributed by atoms with Crippen LogP contribution in [-0.4, -0.2) is 64.3 Å². The number of aliphatic hydroxyl groups is 1. The van der Waals surface area contributed by atoms with Crippen molar-refractivity contribution in [2.75, 3.05) is 14.2 Å². The molecule has 1 amide bonds. The van der Waals surface area contributed by atoms with Gasteiger partial charge < -0.3 is 19.9 Å². The van der Waals surface area contributed by atoms with Gasteiger partial charge in [-0.15, -0.1) is 0 Å². The van der Waals surface area contributed by atoms with E-state index in [1.807, 2.05) is 36.2 Å². The second-order valence-corrected chi connectivity index (χ2v) is 8.27. The SMILES string of the molecule is COc1ccc(CN(C)[C@@H]2[C@@H](O)[C@H](Oc3cccc(F)c3)C[C@H]2NC(=O)c2ccncn2)cc1. The lowest BCUT2D eigenvalue weighted by molar-refractivity contribution is 0.0124. The van der Waals surface area contributed by atoms with Crippen molar-refractivity contribution in [2.24, 2.45) is 0 Å². The minimum atomic E-state index is -0.929. The molecule has 178 valence electrons. The lowest BCUT2D eigenvalue weighted by Gasteiger charge is -2.32. The number of rotatable bonds is 8. The van der Waals surface area contributed by atoms with E-state index in [2.05, 4.69) is 15.3 Å². The van der Waals surface area contributed by atoms with Gasteiger partial charge in [-0.05, 0) is 42.9 Å². The van der Waals surface area contributed by atoms with Gasteiger partial charge in [-0.1, -0.05) is 18.2 Å². The van der Waals surface area contributed by atoms with Crippen molar-refractivity contribution in [1.82, 2.24) is 20.2 Å². The zero-order chi connectivity index (χ0) is 24.1. The number of hydrogen-bond acceptors (Lipinski definition) is 7. The topological polar surface area (TPSA) is 96.8 Å². The highest BCUT2D eigenvalue weighted by Gasteiger charge is 2.46. The number of benzene rings is 2. The number of ether oxygens (including phenoxy) is 2. The van der Waals surface area contributed by atoms with Gasteiger partial charge in [0.15, 0.2) is 0 Å². The number of methoxy groups -OCH3 is 1. The third-order valence-electron chi connectivity index (χ3n) is 5.94. The summed E-state index contributed by atoms with van der Waals surface area (Å²) >= 11 is 0. The van der Waals surface area contributed by atoms with E-state index in [0.29, 0.717) is 18.7 Å². The lowest BCUT2D eigenvalue weighted by Crippen LogP contribution is -2.52. The highest BCUT2D eigenvalue weighted by Crippen LogP contribution is 2.30. The number of carbonyl (C=O) groups excluding carboxylic acids is 1. The zero-order valence-corrected chi connectivity index (χ0v) is 19.0. The largest absolute Gasteiger partial charge is 0.497 e. The van der Waals surface area contributed by atoms with Crippen LogP contribution >= 0.6 is 0 Å². The van der Waals surface area contributed by atoms with Gasteiger partial charge in [0.05, 0.1) is 19.2 Å². The highest BCUT2D eigenvalue weighted by atomic mass is 19.1. The first-order valence-electron chi connectivity index (χ1n) is 10.9. The van der Waals surface area contributed by atoms with Crippen LogP contribution in [0, 0.1) is 5.82 Å². The normalized spacial score (nSPS) is 21.9. The van der Waals surface area contributed by atoms with Crippen LogP contribution in [-0.2, 0) is 6.54 Å². The Kier molecular flexibility index (Phi) is 7.34. The molecule has 4 atom stereocenters. The fourth-order valence-corrected chi connectivity index (χ4v) is 4.32. The fraction of sp³-hybridized carbons (Fsp3) is 0.320. The second-order valence-electron chi connectivity index (χ2n) is 8.27. The summed E-state index contributed by atoms with van der Waals surface area (Å²) < 4.78 is 24.8.